The van der Waals surface area contributed by atoms with E-state index in [1.165, 1.54) is 22.2 Å². The molecule has 0 spiro atoms. The van der Waals surface area contributed by atoms with Gasteiger partial charge in [-0.1, -0.05) is 12.1 Å². The monoisotopic (exact) mass is 335 g/mol. The number of carbonyl (C=O) groups is 1. The molecule has 1 unspecified atom stereocenters. The van der Waals surface area contributed by atoms with E-state index in [0.717, 1.165) is 24.0 Å². The second kappa shape index (κ2) is 5.62. The van der Waals surface area contributed by atoms with Crippen LogP contribution >= 0.6 is 0 Å². The minimum Gasteiger partial charge on any atom is -0.465 e. The van der Waals surface area contributed by atoms with Crippen LogP contribution in [0.5, 0.6) is 0 Å². The SMILES string of the molecule is Cc1ccc2c3c(n(-c4cccnc4)c2c1)CCC(C)(NC(=O)O)C3. The van der Waals surface area contributed by atoms with E-state index in [0.29, 0.717) is 6.42 Å². The molecular formula is C20H21N3O2. The van der Waals surface area contributed by atoms with Gasteiger partial charge in [-0.2, -0.15) is 0 Å². The molecule has 0 saturated carbocycles. The van der Waals surface area contributed by atoms with Gasteiger partial charge in [0, 0.05) is 22.8 Å². The highest BCUT2D eigenvalue weighted by atomic mass is 16.4. The smallest absolute Gasteiger partial charge is 0.405 e. The third-order valence-electron chi connectivity index (χ3n) is 5.13. The van der Waals surface area contributed by atoms with Crippen LogP contribution in [0.2, 0.25) is 0 Å². The number of carboxylic acid groups (broad SMARTS) is 1. The van der Waals surface area contributed by atoms with Gasteiger partial charge in [-0.05, 0) is 62.4 Å². The summed E-state index contributed by atoms with van der Waals surface area (Å²) >= 11 is 0. The molecule has 1 aliphatic rings. The molecule has 0 bridgehead atoms. The van der Waals surface area contributed by atoms with Gasteiger partial charge >= 0.3 is 6.09 Å². The summed E-state index contributed by atoms with van der Waals surface area (Å²) in [5.41, 5.74) is 5.49. The molecule has 1 aliphatic carbocycles. The van der Waals surface area contributed by atoms with Crippen LogP contribution in [0.15, 0.2) is 42.7 Å². The molecule has 25 heavy (non-hydrogen) atoms. The number of hydrogen-bond donors (Lipinski definition) is 2. The van der Waals surface area contributed by atoms with Crippen molar-refractivity contribution in [3.8, 4) is 5.69 Å². The normalized spacial score (nSPS) is 19.6. The van der Waals surface area contributed by atoms with E-state index < -0.39 is 11.6 Å². The van der Waals surface area contributed by atoms with E-state index in [1.54, 1.807) is 6.20 Å². The standard InChI is InChI=1S/C20H21N3O2/c1-13-5-6-15-16-11-20(2,22-19(24)25)8-7-17(16)23(18(15)10-13)14-4-3-9-21-12-14/h3-6,9-10,12,22H,7-8,11H2,1-2H3,(H,24,25). The molecule has 2 aromatic heterocycles. The van der Waals surface area contributed by atoms with Gasteiger partial charge in [-0.15, -0.1) is 0 Å². The Labute approximate surface area is 146 Å². The van der Waals surface area contributed by atoms with Crippen LogP contribution in [0.25, 0.3) is 16.6 Å². The van der Waals surface area contributed by atoms with Gasteiger partial charge in [0.15, 0.2) is 0 Å². The lowest BCUT2D eigenvalue weighted by molar-refractivity contribution is 0.176. The molecule has 5 nitrogen and oxygen atoms in total. The van der Waals surface area contributed by atoms with Crippen molar-refractivity contribution in [1.82, 2.24) is 14.9 Å². The van der Waals surface area contributed by atoms with E-state index in [-0.39, 0.29) is 0 Å². The van der Waals surface area contributed by atoms with Crippen molar-refractivity contribution in [2.24, 2.45) is 0 Å². The first-order valence-corrected chi connectivity index (χ1v) is 8.51. The van der Waals surface area contributed by atoms with Gasteiger partial charge in [-0.25, -0.2) is 4.79 Å². The lowest BCUT2D eigenvalue weighted by atomic mass is 9.81. The molecule has 0 radical (unpaired) electrons. The Hall–Kier alpha value is -2.82. The first-order valence-electron chi connectivity index (χ1n) is 8.51. The summed E-state index contributed by atoms with van der Waals surface area (Å²) in [6.07, 6.45) is 5.00. The Morgan fingerprint density at radius 2 is 2.20 bits per heavy atom. The topological polar surface area (TPSA) is 67.2 Å². The average Bonchev–Trinajstić information content (AvgIpc) is 2.87. The van der Waals surface area contributed by atoms with Crippen molar-refractivity contribution in [3.63, 3.8) is 0 Å². The number of rotatable bonds is 2. The van der Waals surface area contributed by atoms with Crippen LogP contribution in [-0.4, -0.2) is 26.3 Å². The molecule has 1 aromatic carbocycles. The molecule has 3 aromatic rings. The number of amides is 1. The summed E-state index contributed by atoms with van der Waals surface area (Å²) < 4.78 is 2.28. The summed E-state index contributed by atoms with van der Waals surface area (Å²) in [7, 11) is 0. The van der Waals surface area contributed by atoms with Gasteiger partial charge in [0.25, 0.3) is 0 Å². The number of benzene rings is 1. The third kappa shape index (κ3) is 2.65. The van der Waals surface area contributed by atoms with Crippen molar-refractivity contribution in [2.75, 3.05) is 0 Å². The summed E-state index contributed by atoms with van der Waals surface area (Å²) in [5.74, 6) is 0. The van der Waals surface area contributed by atoms with Crippen LogP contribution in [0.1, 0.15) is 30.2 Å². The van der Waals surface area contributed by atoms with E-state index in [1.807, 2.05) is 19.2 Å². The van der Waals surface area contributed by atoms with Crippen molar-refractivity contribution < 1.29 is 9.90 Å². The van der Waals surface area contributed by atoms with E-state index in [2.05, 4.69) is 46.1 Å². The number of aryl methyl sites for hydroxylation is 1. The number of pyridine rings is 1. The van der Waals surface area contributed by atoms with Crippen molar-refractivity contribution in [1.29, 1.82) is 0 Å². The molecule has 0 saturated heterocycles. The van der Waals surface area contributed by atoms with Gasteiger partial charge < -0.3 is 15.0 Å². The predicted molar refractivity (Wildman–Crippen MR) is 97.4 cm³/mol. The molecule has 2 N–H and O–H groups in total. The van der Waals surface area contributed by atoms with Crippen LogP contribution in [0.4, 0.5) is 4.79 Å². The maximum absolute atomic E-state index is 11.2. The molecule has 0 aliphatic heterocycles. The minimum absolute atomic E-state index is 0.433. The zero-order valence-corrected chi connectivity index (χ0v) is 14.4. The molecule has 5 heteroatoms. The second-order valence-electron chi connectivity index (χ2n) is 7.16. The molecular weight excluding hydrogens is 314 g/mol. The highest BCUT2D eigenvalue weighted by Crippen LogP contribution is 2.38. The molecule has 1 amide bonds. The van der Waals surface area contributed by atoms with Crippen LogP contribution < -0.4 is 5.32 Å². The number of aromatic nitrogens is 2. The summed E-state index contributed by atoms with van der Waals surface area (Å²) in [6.45, 7) is 4.08. The van der Waals surface area contributed by atoms with Crippen LogP contribution in [-0.2, 0) is 12.8 Å². The Balaban J connectivity index is 1.94. The average molecular weight is 335 g/mol. The number of fused-ring (bicyclic) bond motifs is 3. The molecule has 128 valence electrons. The van der Waals surface area contributed by atoms with Crippen molar-refractivity contribution in [2.45, 2.75) is 38.6 Å². The van der Waals surface area contributed by atoms with E-state index in [9.17, 15) is 9.90 Å². The zero-order valence-electron chi connectivity index (χ0n) is 14.4. The Morgan fingerprint density at radius 3 is 2.92 bits per heavy atom. The Bertz CT molecular complexity index is 962. The molecule has 4 rings (SSSR count). The zero-order chi connectivity index (χ0) is 17.6. The fourth-order valence-corrected chi connectivity index (χ4v) is 4.00. The largest absolute Gasteiger partial charge is 0.465 e. The van der Waals surface area contributed by atoms with Gasteiger partial charge in [0.1, 0.15) is 0 Å². The van der Waals surface area contributed by atoms with Gasteiger partial charge in [0.05, 0.1) is 17.4 Å². The van der Waals surface area contributed by atoms with Gasteiger partial charge in [0.2, 0.25) is 0 Å². The summed E-state index contributed by atoms with van der Waals surface area (Å²) in [6, 6.07) is 10.5. The van der Waals surface area contributed by atoms with Crippen LogP contribution in [0, 0.1) is 6.92 Å². The molecule has 1 atom stereocenters. The summed E-state index contributed by atoms with van der Waals surface area (Å²) in [4.78, 5) is 15.5. The number of hydrogen-bond acceptors (Lipinski definition) is 2. The van der Waals surface area contributed by atoms with Crippen LogP contribution in [0.3, 0.4) is 0 Å². The quantitative estimate of drug-likeness (QED) is 0.747. The lowest BCUT2D eigenvalue weighted by Gasteiger charge is -2.34. The van der Waals surface area contributed by atoms with Gasteiger partial charge in [-0.3, -0.25) is 4.98 Å². The number of nitrogens with zero attached hydrogens (tertiary/aromatic N) is 2. The second-order valence-corrected chi connectivity index (χ2v) is 7.16. The Morgan fingerprint density at radius 1 is 1.36 bits per heavy atom. The van der Waals surface area contributed by atoms with E-state index in [4.69, 9.17) is 0 Å². The predicted octanol–water partition coefficient (Wildman–Crippen LogP) is 3.85. The highest BCUT2D eigenvalue weighted by molar-refractivity contribution is 5.88. The fraction of sp³-hybridized carbons (Fsp3) is 0.300. The lowest BCUT2D eigenvalue weighted by Crippen LogP contribution is -2.49. The number of nitrogens with one attached hydrogen (secondary N) is 1. The third-order valence-corrected chi connectivity index (χ3v) is 5.13. The maximum Gasteiger partial charge on any atom is 0.405 e. The van der Waals surface area contributed by atoms with Crippen molar-refractivity contribution >= 4 is 17.0 Å². The van der Waals surface area contributed by atoms with Crippen molar-refractivity contribution in [3.05, 3.63) is 59.5 Å². The molecule has 0 fully saturated rings. The van der Waals surface area contributed by atoms with E-state index >= 15 is 0 Å². The highest BCUT2D eigenvalue weighted by Gasteiger charge is 2.35. The molecule has 2 heterocycles. The first kappa shape index (κ1) is 15.7. The summed E-state index contributed by atoms with van der Waals surface area (Å²) in [5, 5.41) is 13.1. The first-order chi connectivity index (χ1) is 12.0. The maximum atomic E-state index is 11.2. The fourth-order valence-electron chi connectivity index (χ4n) is 4.00. The Kier molecular flexibility index (Phi) is 3.53. The minimum atomic E-state index is -0.960.